The van der Waals surface area contributed by atoms with E-state index in [1.807, 2.05) is 19.1 Å². The zero-order valence-electron chi connectivity index (χ0n) is 18.2. The van der Waals surface area contributed by atoms with Crippen molar-refractivity contribution in [2.75, 3.05) is 26.2 Å². The van der Waals surface area contributed by atoms with Gasteiger partial charge in [0.05, 0.1) is 24.9 Å². The number of carbonyl (C=O) groups excluding carboxylic acids is 1. The van der Waals surface area contributed by atoms with E-state index in [2.05, 4.69) is 49.1 Å². The largest absolute Gasteiger partial charge is 0.494 e. The van der Waals surface area contributed by atoms with Gasteiger partial charge < -0.3 is 4.74 Å². The molecule has 30 heavy (non-hydrogen) atoms. The molecule has 5 nitrogen and oxygen atoms in total. The van der Waals surface area contributed by atoms with Crippen LogP contribution >= 0.6 is 0 Å². The molecule has 4 rings (SSSR count). The maximum Gasteiger partial charge on any atom is 0.257 e. The highest BCUT2D eigenvalue weighted by Gasteiger charge is 2.34. The summed E-state index contributed by atoms with van der Waals surface area (Å²) in [5.74, 6) is 0.931. The van der Waals surface area contributed by atoms with Crippen molar-refractivity contribution in [3.63, 3.8) is 0 Å². The molecule has 2 heterocycles. The van der Waals surface area contributed by atoms with Gasteiger partial charge in [0.1, 0.15) is 5.75 Å². The molecular formula is C25H31N3O2. The third-order valence-corrected chi connectivity index (χ3v) is 5.99. The molecule has 0 N–H and O–H groups in total. The van der Waals surface area contributed by atoms with E-state index in [1.54, 1.807) is 5.01 Å². The quantitative estimate of drug-likeness (QED) is 0.712. The first-order valence-electron chi connectivity index (χ1n) is 11.0. The van der Waals surface area contributed by atoms with Gasteiger partial charge in [-0.2, -0.15) is 5.10 Å². The van der Waals surface area contributed by atoms with E-state index in [4.69, 9.17) is 9.84 Å². The predicted octanol–water partition coefficient (Wildman–Crippen LogP) is 4.48. The number of rotatable bonds is 6. The Kier molecular flexibility index (Phi) is 6.18. The Hall–Kier alpha value is -2.66. The first kappa shape index (κ1) is 20.6. The number of amides is 1. The summed E-state index contributed by atoms with van der Waals surface area (Å²) in [5.41, 5.74) is 5.65. The fourth-order valence-electron chi connectivity index (χ4n) is 4.46. The summed E-state index contributed by atoms with van der Waals surface area (Å²) in [4.78, 5) is 15.5. The van der Waals surface area contributed by atoms with Gasteiger partial charge >= 0.3 is 0 Å². The number of nitrogens with zero attached hydrogens (tertiary/aromatic N) is 3. The minimum atomic E-state index is -0.0773. The van der Waals surface area contributed by atoms with Crippen molar-refractivity contribution in [3.05, 3.63) is 64.7 Å². The van der Waals surface area contributed by atoms with E-state index < -0.39 is 0 Å². The summed E-state index contributed by atoms with van der Waals surface area (Å²) in [6.45, 7) is 9.28. The van der Waals surface area contributed by atoms with Crippen LogP contribution in [-0.2, 0) is 4.79 Å². The first-order valence-corrected chi connectivity index (χ1v) is 11.0. The minimum absolute atomic E-state index is 0.0773. The van der Waals surface area contributed by atoms with Gasteiger partial charge in [0.25, 0.3) is 5.91 Å². The Morgan fingerprint density at radius 3 is 2.50 bits per heavy atom. The molecule has 0 spiro atoms. The predicted molar refractivity (Wildman–Crippen MR) is 120 cm³/mol. The van der Waals surface area contributed by atoms with Crippen molar-refractivity contribution >= 4 is 11.6 Å². The maximum absolute atomic E-state index is 13.2. The minimum Gasteiger partial charge on any atom is -0.494 e. The van der Waals surface area contributed by atoms with Gasteiger partial charge in [-0.3, -0.25) is 9.69 Å². The van der Waals surface area contributed by atoms with Crippen molar-refractivity contribution in [1.82, 2.24) is 9.91 Å². The Labute approximate surface area is 179 Å². The fraction of sp³-hybridized carbons (Fsp3) is 0.440. The van der Waals surface area contributed by atoms with Crippen molar-refractivity contribution in [3.8, 4) is 5.75 Å². The van der Waals surface area contributed by atoms with Crippen molar-refractivity contribution in [2.45, 2.75) is 46.1 Å². The highest BCUT2D eigenvalue weighted by Crippen LogP contribution is 2.34. The monoisotopic (exact) mass is 405 g/mol. The number of benzene rings is 2. The second kappa shape index (κ2) is 9.00. The summed E-state index contributed by atoms with van der Waals surface area (Å²) < 4.78 is 5.59. The Bertz CT molecular complexity index is 930. The van der Waals surface area contributed by atoms with Gasteiger partial charge in [-0.15, -0.1) is 0 Å². The molecule has 1 amide bonds. The summed E-state index contributed by atoms with van der Waals surface area (Å²) >= 11 is 0. The van der Waals surface area contributed by atoms with E-state index in [1.165, 1.54) is 24.0 Å². The van der Waals surface area contributed by atoms with Crippen LogP contribution in [0.15, 0.2) is 47.6 Å². The molecule has 1 fully saturated rings. The topological polar surface area (TPSA) is 45.1 Å². The lowest BCUT2D eigenvalue weighted by Gasteiger charge is -2.24. The smallest absolute Gasteiger partial charge is 0.257 e. The molecule has 2 aromatic rings. The van der Waals surface area contributed by atoms with Crippen molar-refractivity contribution in [1.29, 1.82) is 0 Å². The third-order valence-electron chi connectivity index (χ3n) is 5.99. The molecule has 1 saturated heterocycles. The molecular weight excluding hydrogens is 374 g/mol. The molecule has 0 aromatic heterocycles. The zero-order chi connectivity index (χ0) is 21.1. The highest BCUT2D eigenvalue weighted by molar-refractivity contribution is 6.04. The molecule has 1 atom stereocenters. The molecule has 0 bridgehead atoms. The molecule has 0 saturated carbocycles. The number of ether oxygens (including phenoxy) is 1. The normalized spacial score (nSPS) is 19.2. The second-order valence-corrected chi connectivity index (χ2v) is 8.31. The molecule has 0 unspecified atom stereocenters. The van der Waals surface area contributed by atoms with Gasteiger partial charge in [-0.1, -0.05) is 35.9 Å². The van der Waals surface area contributed by atoms with E-state index in [9.17, 15) is 4.79 Å². The van der Waals surface area contributed by atoms with Gasteiger partial charge in [0.2, 0.25) is 0 Å². The average molecular weight is 406 g/mol. The van der Waals surface area contributed by atoms with Gasteiger partial charge in [-0.05, 0) is 70.0 Å². The summed E-state index contributed by atoms with van der Waals surface area (Å²) in [6.07, 6.45) is 3.07. The maximum atomic E-state index is 13.2. The number of carbonyl (C=O) groups is 1. The first-order chi connectivity index (χ1) is 14.5. The number of hydrazone groups is 1. The molecule has 0 radical (unpaired) electrons. The fourth-order valence-corrected chi connectivity index (χ4v) is 4.46. The van der Waals surface area contributed by atoms with Crippen LogP contribution in [0.2, 0.25) is 0 Å². The summed E-state index contributed by atoms with van der Waals surface area (Å²) in [6, 6.07) is 14.4. The van der Waals surface area contributed by atoms with Crippen molar-refractivity contribution in [2.24, 2.45) is 5.10 Å². The summed E-state index contributed by atoms with van der Waals surface area (Å²) in [7, 11) is 0. The third kappa shape index (κ3) is 4.41. The molecule has 0 aliphatic carbocycles. The summed E-state index contributed by atoms with van der Waals surface area (Å²) in [5, 5.41) is 6.57. The van der Waals surface area contributed by atoms with Crippen LogP contribution in [0.5, 0.6) is 5.75 Å². The Morgan fingerprint density at radius 2 is 1.83 bits per heavy atom. The SMILES string of the molecule is CCOc1ccc([C@@H]2CC(c3ccc(C)cc3C)=NN2C(=O)CN2CCCC2)cc1. The molecule has 5 heteroatoms. The van der Waals surface area contributed by atoms with Gasteiger partial charge in [0.15, 0.2) is 0 Å². The van der Waals surface area contributed by atoms with Crippen LogP contribution < -0.4 is 4.74 Å². The van der Waals surface area contributed by atoms with Crippen LogP contribution in [0.1, 0.15) is 54.5 Å². The number of hydrogen-bond donors (Lipinski definition) is 0. The zero-order valence-corrected chi connectivity index (χ0v) is 18.2. The van der Waals surface area contributed by atoms with E-state index in [0.717, 1.165) is 42.1 Å². The lowest BCUT2D eigenvalue weighted by Crippen LogP contribution is -2.36. The average Bonchev–Trinajstić information content (AvgIpc) is 3.39. The van der Waals surface area contributed by atoms with Crippen LogP contribution in [-0.4, -0.2) is 47.8 Å². The molecule has 158 valence electrons. The standard InChI is InChI=1S/C25H31N3O2/c1-4-30-21-10-8-20(9-11-21)24-16-23(22-12-7-18(2)15-19(22)3)26-28(24)25(29)17-27-13-5-6-14-27/h7-12,15,24H,4-6,13-14,16-17H2,1-3H3/t24-/m0/s1. The Morgan fingerprint density at radius 1 is 1.10 bits per heavy atom. The van der Waals surface area contributed by atoms with Gasteiger partial charge in [-0.25, -0.2) is 5.01 Å². The van der Waals surface area contributed by atoms with E-state index in [0.29, 0.717) is 13.2 Å². The van der Waals surface area contributed by atoms with Crippen molar-refractivity contribution < 1.29 is 9.53 Å². The number of aryl methyl sites for hydroxylation is 2. The van der Waals surface area contributed by atoms with Crippen LogP contribution in [0.3, 0.4) is 0 Å². The van der Waals surface area contributed by atoms with Crippen LogP contribution in [0.4, 0.5) is 0 Å². The molecule has 2 aromatic carbocycles. The lowest BCUT2D eigenvalue weighted by molar-refractivity contribution is -0.134. The van der Waals surface area contributed by atoms with Crippen LogP contribution in [0, 0.1) is 13.8 Å². The lowest BCUT2D eigenvalue weighted by atomic mass is 9.95. The Balaban J connectivity index is 1.62. The van der Waals surface area contributed by atoms with E-state index >= 15 is 0 Å². The van der Waals surface area contributed by atoms with E-state index in [-0.39, 0.29) is 11.9 Å². The molecule has 2 aliphatic rings. The van der Waals surface area contributed by atoms with Gasteiger partial charge in [0, 0.05) is 12.0 Å². The number of hydrogen-bond acceptors (Lipinski definition) is 4. The highest BCUT2D eigenvalue weighted by atomic mass is 16.5. The molecule has 2 aliphatic heterocycles. The number of likely N-dealkylation sites (tertiary alicyclic amines) is 1. The van der Waals surface area contributed by atoms with Crippen LogP contribution in [0.25, 0.3) is 0 Å². The second-order valence-electron chi connectivity index (χ2n) is 8.31.